The molecule has 6 heteroatoms. The third-order valence-electron chi connectivity index (χ3n) is 2.02. The number of alkyl halides is 3. The Hall–Kier alpha value is -1.01. The summed E-state index contributed by atoms with van der Waals surface area (Å²) in [6.45, 7) is 0.269. The summed E-state index contributed by atoms with van der Waals surface area (Å²) in [4.78, 5) is 0. The van der Waals surface area contributed by atoms with Gasteiger partial charge in [0.2, 0.25) is 0 Å². The van der Waals surface area contributed by atoms with Gasteiger partial charge in [-0.3, -0.25) is 0 Å². The van der Waals surface area contributed by atoms with E-state index in [-0.39, 0.29) is 16.8 Å². The first-order valence-corrected chi connectivity index (χ1v) is 5.50. The van der Waals surface area contributed by atoms with Gasteiger partial charge in [0, 0.05) is 6.54 Å². The lowest BCUT2D eigenvalue weighted by Gasteiger charge is -2.14. The van der Waals surface area contributed by atoms with Crippen molar-refractivity contribution >= 4 is 22.0 Å². The Balaban J connectivity index is 3.34. The van der Waals surface area contributed by atoms with Crippen LogP contribution in [0, 0.1) is 0 Å². The summed E-state index contributed by atoms with van der Waals surface area (Å²) in [5, 5.41) is 0. The highest BCUT2D eigenvalue weighted by Crippen LogP contribution is 2.41. The molecule has 0 unspecified atom stereocenters. The second-order valence-corrected chi connectivity index (χ2v) is 4.07. The zero-order valence-electron chi connectivity index (χ0n) is 9.01. The van der Waals surface area contributed by atoms with Crippen molar-refractivity contribution in [1.29, 1.82) is 0 Å². The molecule has 0 radical (unpaired) electrons. The number of hydrogen-bond acceptors (Lipinski definition) is 2. The smallest absolute Gasteiger partial charge is 0.420 e. The van der Waals surface area contributed by atoms with E-state index in [1.165, 1.54) is 13.2 Å². The molecule has 0 saturated heterocycles. The Morgan fingerprint density at radius 3 is 2.53 bits per heavy atom. The van der Waals surface area contributed by atoms with Crippen LogP contribution in [0.5, 0.6) is 5.75 Å². The number of hydrogen-bond donors (Lipinski definition) is 1. The molecule has 0 spiro atoms. The highest BCUT2D eigenvalue weighted by atomic mass is 79.9. The van der Waals surface area contributed by atoms with Crippen LogP contribution in [0.1, 0.15) is 11.1 Å². The largest absolute Gasteiger partial charge is 0.495 e. The van der Waals surface area contributed by atoms with Crippen molar-refractivity contribution in [2.45, 2.75) is 6.18 Å². The van der Waals surface area contributed by atoms with Crippen LogP contribution in [-0.4, -0.2) is 13.7 Å². The molecule has 1 rings (SSSR count). The Morgan fingerprint density at radius 2 is 2.06 bits per heavy atom. The Morgan fingerprint density at radius 1 is 1.41 bits per heavy atom. The number of rotatable bonds is 3. The number of ether oxygens (including phenoxy) is 1. The Bertz CT molecular complexity index is 429. The van der Waals surface area contributed by atoms with Gasteiger partial charge in [-0.2, -0.15) is 13.2 Å². The lowest BCUT2D eigenvalue weighted by Crippen LogP contribution is -2.08. The second kappa shape index (κ2) is 5.55. The van der Waals surface area contributed by atoms with Crippen LogP contribution in [-0.2, 0) is 6.18 Å². The topological polar surface area (TPSA) is 35.2 Å². The van der Waals surface area contributed by atoms with E-state index in [4.69, 9.17) is 10.5 Å². The van der Waals surface area contributed by atoms with E-state index in [9.17, 15) is 13.2 Å². The molecule has 0 amide bonds. The van der Waals surface area contributed by atoms with E-state index in [1.54, 1.807) is 12.1 Å². The zero-order chi connectivity index (χ0) is 13.1. The van der Waals surface area contributed by atoms with Crippen molar-refractivity contribution in [3.63, 3.8) is 0 Å². The third kappa shape index (κ3) is 3.47. The quantitative estimate of drug-likeness (QED) is 0.928. The molecular formula is C11H11BrF3NO. The van der Waals surface area contributed by atoms with Gasteiger partial charge in [-0.1, -0.05) is 12.2 Å². The van der Waals surface area contributed by atoms with E-state index in [1.807, 2.05) is 0 Å². The maximum atomic E-state index is 12.8. The summed E-state index contributed by atoms with van der Waals surface area (Å²) in [5.74, 6) is -0.220. The number of halogens is 4. The van der Waals surface area contributed by atoms with Crippen LogP contribution in [0.25, 0.3) is 6.08 Å². The molecular weight excluding hydrogens is 299 g/mol. The first-order valence-electron chi connectivity index (χ1n) is 4.71. The van der Waals surface area contributed by atoms with Gasteiger partial charge in [-0.25, -0.2) is 0 Å². The molecule has 2 nitrogen and oxygen atoms in total. The minimum Gasteiger partial charge on any atom is -0.495 e. The summed E-state index contributed by atoms with van der Waals surface area (Å²) < 4.78 is 43.3. The predicted octanol–water partition coefficient (Wildman–Crippen LogP) is 3.45. The van der Waals surface area contributed by atoms with Gasteiger partial charge >= 0.3 is 6.18 Å². The van der Waals surface area contributed by atoms with Gasteiger partial charge in [-0.15, -0.1) is 0 Å². The average Bonchev–Trinajstić information content (AvgIpc) is 2.24. The van der Waals surface area contributed by atoms with Crippen LogP contribution in [0.2, 0.25) is 0 Å². The first-order chi connectivity index (χ1) is 7.90. The predicted molar refractivity (Wildman–Crippen MR) is 63.8 cm³/mol. The minimum absolute atomic E-state index is 0.220. The maximum Gasteiger partial charge on any atom is 0.420 e. The fourth-order valence-electron chi connectivity index (χ4n) is 1.33. The summed E-state index contributed by atoms with van der Waals surface area (Å²) >= 11 is 3.05. The monoisotopic (exact) mass is 309 g/mol. The van der Waals surface area contributed by atoms with Crippen molar-refractivity contribution < 1.29 is 17.9 Å². The zero-order valence-corrected chi connectivity index (χ0v) is 10.6. The fraction of sp³-hybridized carbons (Fsp3) is 0.273. The van der Waals surface area contributed by atoms with E-state index < -0.39 is 11.7 Å². The van der Waals surface area contributed by atoms with Gasteiger partial charge in [0.1, 0.15) is 5.75 Å². The maximum absolute atomic E-state index is 12.8. The molecule has 0 aliphatic carbocycles. The number of benzene rings is 1. The van der Waals surface area contributed by atoms with Crippen LogP contribution >= 0.6 is 15.9 Å². The standard InChI is InChI=1S/C11H11BrF3NO/c1-17-10-8(11(13,14)15)5-7(3-2-4-16)6-9(10)12/h2-3,5-6H,4,16H2,1H3/b3-2+. The van der Waals surface area contributed by atoms with Gasteiger partial charge in [-0.05, 0) is 33.6 Å². The summed E-state index contributed by atoms with van der Waals surface area (Å²) in [5.41, 5.74) is 4.85. The lowest BCUT2D eigenvalue weighted by atomic mass is 10.1. The van der Waals surface area contributed by atoms with E-state index in [2.05, 4.69) is 15.9 Å². The van der Waals surface area contributed by atoms with Gasteiger partial charge in [0.25, 0.3) is 0 Å². The van der Waals surface area contributed by atoms with Crippen molar-refractivity contribution in [1.82, 2.24) is 0 Å². The minimum atomic E-state index is -4.46. The van der Waals surface area contributed by atoms with E-state index in [0.717, 1.165) is 6.07 Å². The van der Waals surface area contributed by atoms with E-state index >= 15 is 0 Å². The molecule has 1 aromatic rings. The normalized spacial score (nSPS) is 12.1. The first kappa shape index (κ1) is 14.1. The Labute approximate surface area is 105 Å². The third-order valence-corrected chi connectivity index (χ3v) is 2.61. The molecule has 0 aliphatic heterocycles. The highest BCUT2D eigenvalue weighted by Gasteiger charge is 2.35. The van der Waals surface area contributed by atoms with Crippen molar-refractivity contribution in [2.24, 2.45) is 5.73 Å². The Kier molecular flexibility index (Phi) is 4.59. The molecule has 0 aromatic heterocycles. The summed E-state index contributed by atoms with van der Waals surface area (Å²) in [6.07, 6.45) is -1.35. The van der Waals surface area contributed by atoms with Crippen LogP contribution in [0.4, 0.5) is 13.2 Å². The molecule has 0 atom stereocenters. The molecule has 17 heavy (non-hydrogen) atoms. The van der Waals surface area contributed by atoms with Gasteiger partial charge < -0.3 is 10.5 Å². The van der Waals surface area contributed by atoms with Crippen molar-refractivity contribution in [3.8, 4) is 5.75 Å². The van der Waals surface area contributed by atoms with Crippen LogP contribution in [0.15, 0.2) is 22.7 Å². The second-order valence-electron chi connectivity index (χ2n) is 3.22. The number of nitrogens with two attached hydrogens (primary N) is 1. The molecule has 94 valence electrons. The molecule has 0 heterocycles. The molecule has 0 saturated carbocycles. The lowest BCUT2D eigenvalue weighted by molar-refractivity contribution is -0.138. The van der Waals surface area contributed by atoms with Crippen LogP contribution in [0.3, 0.4) is 0 Å². The molecule has 0 bridgehead atoms. The average molecular weight is 310 g/mol. The number of methoxy groups -OCH3 is 1. The molecule has 1 aromatic carbocycles. The molecule has 0 fully saturated rings. The molecule has 0 aliphatic rings. The van der Waals surface area contributed by atoms with Gasteiger partial charge in [0.05, 0.1) is 17.1 Å². The summed E-state index contributed by atoms with van der Waals surface area (Å²) in [7, 11) is 1.20. The fourth-order valence-corrected chi connectivity index (χ4v) is 1.97. The van der Waals surface area contributed by atoms with Crippen molar-refractivity contribution in [3.05, 3.63) is 33.8 Å². The highest BCUT2D eigenvalue weighted by molar-refractivity contribution is 9.10. The van der Waals surface area contributed by atoms with Crippen molar-refractivity contribution in [2.75, 3.05) is 13.7 Å². The SMILES string of the molecule is COc1c(Br)cc(/C=C/CN)cc1C(F)(F)F. The van der Waals surface area contributed by atoms with Crippen LogP contribution < -0.4 is 10.5 Å². The van der Waals surface area contributed by atoms with E-state index in [0.29, 0.717) is 5.56 Å². The summed E-state index contributed by atoms with van der Waals surface area (Å²) in [6, 6.07) is 2.57. The molecule has 2 N–H and O–H groups in total. The van der Waals surface area contributed by atoms with Gasteiger partial charge in [0.15, 0.2) is 0 Å².